The molecule has 35 heavy (non-hydrogen) atoms. The molecule has 0 fully saturated rings. The van der Waals surface area contributed by atoms with E-state index in [1.54, 1.807) is 67.6 Å². The molecule has 2 amide bonds. The summed E-state index contributed by atoms with van der Waals surface area (Å²) >= 11 is 5.95. The molecule has 0 saturated heterocycles. The van der Waals surface area contributed by atoms with Crippen LogP contribution < -0.4 is 20.9 Å². The van der Waals surface area contributed by atoms with E-state index in [4.69, 9.17) is 21.1 Å². The van der Waals surface area contributed by atoms with Gasteiger partial charge in [0, 0.05) is 12.3 Å². The Labute approximate surface area is 205 Å². The van der Waals surface area contributed by atoms with E-state index in [0.29, 0.717) is 33.5 Å². The third kappa shape index (κ3) is 5.77. The van der Waals surface area contributed by atoms with Crippen LogP contribution in [0.1, 0.15) is 23.0 Å². The van der Waals surface area contributed by atoms with Crippen LogP contribution in [0.15, 0.2) is 77.7 Å². The second-order valence-corrected chi connectivity index (χ2v) is 7.73. The number of urea groups is 1. The van der Waals surface area contributed by atoms with E-state index < -0.39 is 12.0 Å². The quantitative estimate of drug-likeness (QED) is 0.360. The predicted molar refractivity (Wildman–Crippen MR) is 132 cm³/mol. The Bertz CT molecular complexity index is 1450. The minimum absolute atomic E-state index is 0.000368. The van der Waals surface area contributed by atoms with E-state index >= 15 is 0 Å². The van der Waals surface area contributed by atoms with Crippen LogP contribution >= 0.6 is 11.6 Å². The molecule has 0 atom stereocenters. The third-order valence-corrected chi connectivity index (χ3v) is 5.08. The molecule has 4 aromatic rings. The lowest BCUT2D eigenvalue weighted by Gasteiger charge is -2.14. The average Bonchev–Trinajstić information content (AvgIpc) is 2.84. The van der Waals surface area contributed by atoms with Gasteiger partial charge in [0.25, 0.3) is 5.56 Å². The van der Waals surface area contributed by atoms with Crippen LogP contribution in [0, 0.1) is 0 Å². The molecule has 2 aromatic carbocycles. The number of para-hydroxylation sites is 3. The van der Waals surface area contributed by atoms with Gasteiger partial charge >= 0.3 is 12.0 Å². The molecule has 9 nitrogen and oxygen atoms in total. The minimum Gasteiger partial charge on any atom is -0.485 e. The SMILES string of the molecule is CCOC(=O)c1ccccc1NC(=O)Nc1ccccc1OCc1cc(=O)n2cc(Cl)ccc2n1. The fraction of sp³-hybridized carbons (Fsp3) is 0.120. The zero-order chi connectivity index (χ0) is 24.8. The van der Waals surface area contributed by atoms with Crippen molar-refractivity contribution < 1.29 is 19.1 Å². The van der Waals surface area contributed by atoms with Crippen LogP contribution in [-0.2, 0) is 11.3 Å². The molecular formula is C25H21ClN4O5. The zero-order valence-electron chi connectivity index (χ0n) is 18.7. The number of nitrogens with zero attached hydrogens (tertiary/aromatic N) is 2. The minimum atomic E-state index is -0.572. The number of carbonyl (C=O) groups excluding carboxylic acids is 2. The van der Waals surface area contributed by atoms with Crippen molar-refractivity contribution in [2.45, 2.75) is 13.5 Å². The predicted octanol–water partition coefficient (Wildman–Crippen LogP) is 4.75. The highest BCUT2D eigenvalue weighted by molar-refractivity contribution is 6.30. The van der Waals surface area contributed by atoms with E-state index in [-0.39, 0.29) is 24.3 Å². The van der Waals surface area contributed by atoms with E-state index in [9.17, 15) is 14.4 Å². The summed E-state index contributed by atoms with van der Waals surface area (Å²) in [5.41, 5.74) is 1.50. The Morgan fingerprint density at radius 3 is 2.51 bits per heavy atom. The first-order valence-corrected chi connectivity index (χ1v) is 11.1. The van der Waals surface area contributed by atoms with Crippen molar-refractivity contribution in [2.75, 3.05) is 17.2 Å². The molecule has 0 saturated carbocycles. The van der Waals surface area contributed by atoms with Crippen molar-refractivity contribution in [3.05, 3.63) is 99.6 Å². The number of halogens is 1. The standard InChI is InChI=1S/C25H21ClN4O5/c1-2-34-24(32)18-7-3-4-8-19(18)28-25(33)29-20-9-5-6-10-21(20)35-15-17-13-23(31)30-14-16(26)11-12-22(30)27-17/h3-14H,2,15H2,1H3,(H2,28,29,33). The fourth-order valence-corrected chi connectivity index (χ4v) is 3.46. The van der Waals surface area contributed by atoms with Crippen molar-refractivity contribution in [2.24, 2.45) is 0 Å². The van der Waals surface area contributed by atoms with Crippen LogP contribution in [0.3, 0.4) is 0 Å². The van der Waals surface area contributed by atoms with E-state index in [1.165, 1.54) is 16.7 Å². The van der Waals surface area contributed by atoms with Gasteiger partial charge in [0.15, 0.2) is 0 Å². The smallest absolute Gasteiger partial charge is 0.340 e. The number of hydrogen-bond acceptors (Lipinski definition) is 6. The van der Waals surface area contributed by atoms with Crippen LogP contribution in [-0.4, -0.2) is 28.0 Å². The number of anilines is 2. The van der Waals surface area contributed by atoms with Crippen molar-refractivity contribution in [1.82, 2.24) is 9.38 Å². The lowest BCUT2D eigenvalue weighted by Crippen LogP contribution is -2.22. The van der Waals surface area contributed by atoms with Crippen LogP contribution in [0.2, 0.25) is 5.02 Å². The molecule has 0 aliphatic rings. The summed E-state index contributed by atoms with van der Waals surface area (Å²) in [6, 6.07) is 17.4. The number of fused-ring (bicyclic) bond motifs is 1. The molecule has 178 valence electrons. The number of pyridine rings is 1. The van der Waals surface area contributed by atoms with E-state index in [2.05, 4.69) is 15.6 Å². The second kappa shape index (κ2) is 10.7. The van der Waals surface area contributed by atoms with Crippen molar-refractivity contribution >= 4 is 40.6 Å². The number of amides is 2. The number of rotatable bonds is 7. The largest absolute Gasteiger partial charge is 0.485 e. The number of esters is 1. The summed E-state index contributed by atoms with van der Waals surface area (Å²) in [7, 11) is 0. The van der Waals surface area contributed by atoms with Gasteiger partial charge in [0.2, 0.25) is 0 Å². The van der Waals surface area contributed by atoms with Gasteiger partial charge in [-0.2, -0.15) is 0 Å². The van der Waals surface area contributed by atoms with Gasteiger partial charge in [-0.05, 0) is 43.3 Å². The molecular weight excluding hydrogens is 472 g/mol. The highest BCUT2D eigenvalue weighted by atomic mass is 35.5. The lowest BCUT2D eigenvalue weighted by atomic mass is 10.2. The molecule has 2 heterocycles. The van der Waals surface area contributed by atoms with E-state index in [1.807, 2.05) is 0 Å². The number of nitrogens with one attached hydrogen (secondary N) is 2. The van der Waals surface area contributed by atoms with Gasteiger partial charge in [-0.15, -0.1) is 0 Å². The number of ether oxygens (including phenoxy) is 2. The third-order valence-electron chi connectivity index (χ3n) is 4.86. The molecule has 0 radical (unpaired) electrons. The summed E-state index contributed by atoms with van der Waals surface area (Å²) in [5, 5.41) is 5.80. The molecule has 4 rings (SSSR count). The molecule has 10 heteroatoms. The van der Waals surface area contributed by atoms with Crippen molar-refractivity contribution in [1.29, 1.82) is 0 Å². The van der Waals surface area contributed by atoms with E-state index in [0.717, 1.165) is 0 Å². The fourth-order valence-electron chi connectivity index (χ4n) is 3.30. The van der Waals surface area contributed by atoms with Crippen LogP contribution in [0.5, 0.6) is 5.75 Å². The summed E-state index contributed by atoms with van der Waals surface area (Å²) < 4.78 is 12.2. The Morgan fingerprint density at radius 1 is 1.00 bits per heavy atom. The second-order valence-electron chi connectivity index (χ2n) is 7.29. The molecule has 0 unspecified atom stereocenters. The molecule has 0 spiro atoms. The topological polar surface area (TPSA) is 111 Å². The molecule has 0 bridgehead atoms. The lowest BCUT2D eigenvalue weighted by molar-refractivity contribution is 0.0527. The van der Waals surface area contributed by atoms with Crippen molar-refractivity contribution in [3.8, 4) is 5.75 Å². The Hall–Kier alpha value is -4.37. The Balaban J connectivity index is 1.47. The maximum Gasteiger partial charge on any atom is 0.340 e. The number of aromatic nitrogens is 2. The monoisotopic (exact) mass is 492 g/mol. The van der Waals surface area contributed by atoms with Crippen LogP contribution in [0.25, 0.3) is 5.65 Å². The first-order valence-electron chi connectivity index (χ1n) is 10.7. The normalized spacial score (nSPS) is 10.6. The van der Waals surface area contributed by atoms with Gasteiger partial charge < -0.3 is 20.1 Å². The molecule has 0 aliphatic carbocycles. The van der Waals surface area contributed by atoms with Gasteiger partial charge in [0.05, 0.1) is 34.3 Å². The average molecular weight is 493 g/mol. The number of benzene rings is 2. The summed E-state index contributed by atoms with van der Waals surface area (Å²) in [6.45, 7) is 1.92. The zero-order valence-corrected chi connectivity index (χ0v) is 19.4. The summed E-state index contributed by atoms with van der Waals surface area (Å²) in [4.78, 5) is 41.6. The van der Waals surface area contributed by atoms with Crippen molar-refractivity contribution in [3.63, 3.8) is 0 Å². The summed E-state index contributed by atoms with van der Waals surface area (Å²) in [5.74, 6) is -0.160. The molecule has 2 N–H and O–H groups in total. The highest BCUT2D eigenvalue weighted by Crippen LogP contribution is 2.25. The maximum atomic E-state index is 12.7. The number of hydrogen-bond donors (Lipinski definition) is 2. The highest BCUT2D eigenvalue weighted by Gasteiger charge is 2.15. The summed E-state index contributed by atoms with van der Waals surface area (Å²) in [6.07, 6.45) is 1.49. The first-order chi connectivity index (χ1) is 16.9. The van der Waals surface area contributed by atoms with Gasteiger partial charge in [-0.1, -0.05) is 35.9 Å². The number of carbonyl (C=O) groups is 2. The molecule has 2 aromatic heterocycles. The maximum absolute atomic E-state index is 12.7. The Morgan fingerprint density at radius 2 is 1.71 bits per heavy atom. The van der Waals surface area contributed by atoms with Crippen LogP contribution in [0.4, 0.5) is 16.2 Å². The Kier molecular flexibility index (Phi) is 7.27. The first kappa shape index (κ1) is 23.8. The molecule has 0 aliphatic heterocycles. The van der Waals surface area contributed by atoms with Gasteiger partial charge in [-0.3, -0.25) is 9.20 Å². The van der Waals surface area contributed by atoms with Gasteiger partial charge in [0.1, 0.15) is 18.0 Å². The van der Waals surface area contributed by atoms with Gasteiger partial charge in [-0.25, -0.2) is 14.6 Å².